The monoisotopic (exact) mass is 366 g/mol. The molecule has 2 aromatic heterocycles. The number of aromatic nitrogens is 4. The molecular weight excluding hydrogens is 344 g/mol. The van der Waals surface area contributed by atoms with Gasteiger partial charge in [-0.1, -0.05) is 24.6 Å². The van der Waals surface area contributed by atoms with Crippen LogP contribution in [-0.4, -0.2) is 26.9 Å². The van der Waals surface area contributed by atoms with Gasteiger partial charge < -0.3 is 4.74 Å². The maximum absolute atomic E-state index is 12.8. The number of hydrogen-bond acceptors (Lipinski definition) is 6. The minimum absolute atomic E-state index is 0.214. The lowest BCUT2D eigenvalue weighted by Gasteiger charge is -2.10. The van der Waals surface area contributed by atoms with E-state index in [1.54, 1.807) is 14.0 Å². The second-order valence-corrected chi connectivity index (χ2v) is 6.21. The Morgan fingerprint density at radius 3 is 2.44 bits per heavy atom. The zero-order valence-electron chi connectivity index (χ0n) is 16.1. The van der Waals surface area contributed by atoms with E-state index in [0.29, 0.717) is 17.3 Å². The van der Waals surface area contributed by atoms with Gasteiger partial charge in [0.2, 0.25) is 5.88 Å². The highest BCUT2D eigenvalue weighted by Crippen LogP contribution is 2.22. The number of benzene rings is 1. The number of aromatic amines is 1. The van der Waals surface area contributed by atoms with E-state index >= 15 is 0 Å². The Hall–Kier alpha value is -3.29. The SMILES string of the molecule is CCc1c(C)nc(-n2[nH]c(C)c(N=Nc3ccc(C)cc3)c2=O)nc1OC. The first kappa shape index (κ1) is 18.5. The largest absolute Gasteiger partial charge is 0.481 e. The average Bonchev–Trinajstić information content (AvgIpc) is 2.94. The van der Waals surface area contributed by atoms with E-state index in [-0.39, 0.29) is 17.2 Å². The van der Waals surface area contributed by atoms with Crippen molar-refractivity contribution in [2.24, 2.45) is 10.2 Å². The Bertz CT molecular complexity index is 1050. The van der Waals surface area contributed by atoms with E-state index in [1.807, 2.05) is 45.0 Å². The average molecular weight is 366 g/mol. The van der Waals surface area contributed by atoms with Gasteiger partial charge in [-0.3, -0.25) is 9.89 Å². The Labute approximate surface area is 157 Å². The number of H-pyrrole nitrogens is 1. The van der Waals surface area contributed by atoms with Gasteiger partial charge in [0.15, 0.2) is 5.69 Å². The van der Waals surface area contributed by atoms with Crippen LogP contribution in [0.4, 0.5) is 11.4 Å². The van der Waals surface area contributed by atoms with Crippen LogP contribution >= 0.6 is 0 Å². The first-order valence-corrected chi connectivity index (χ1v) is 8.66. The van der Waals surface area contributed by atoms with Gasteiger partial charge in [-0.2, -0.15) is 14.8 Å². The standard InChI is InChI=1S/C19H22N6O2/c1-6-15-12(3)20-19(21-17(15)27-5)25-18(26)16(13(4)24-25)23-22-14-9-7-11(2)8-10-14/h7-10,24H,6H2,1-5H3. The van der Waals surface area contributed by atoms with E-state index < -0.39 is 0 Å². The van der Waals surface area contributed by atoms with E-state index in [2.05, 4.69) is 25.3 Å². The summed E-state index contributed by atoms with van der Waals surface area (Å²) in [5.41, 5.74) is 3.91. The van der Waals surface area contributed by atoms with Crippen LogP contribution in [0.2, 0.25) is 0 Å². The van der Waals surface area contributed by atoms with Crippen LogP contribution in [0.1, 0.15) is 29.4 Å². The molecule has 2 heterocycles. The van der Waals surface area contributed by atoms with Crippen LogP contribution in [-0.2, 0) is 6.42 Å². The highest BCUT2D eigenvalue weighted by atomic mass is 16.5. The fourth-order valence-electron chi connectivity index (χ4n) is 2.75. The lowest BCUT2D eigenvalue weighted by atomic mass is 10.2. The number of nitrogens with one attached hydrogen (secondary N) is 1. The van der Waals surface area contributed by atoms with Crippen LogP contribution in [0.25, 0.3) is 5.95 Å². The first-order chi connectivity index (χ1) is 12.9. The number of rotatable bonds is 5. The molecular formula is C19H22N6O2. The molecule has 0 aliphatic carbocycles. The number of methoxy groups -OCH3 is 1. The molecule has 0 bridgehead atoms. The zero-order valence-corrected chi connectivity index (χ0v) is 16.1. The maximum Gasteiger partial charge on any atom is 0.301 e. The lowest BCUT2D eigenvalue weighted by molar-refractivity contribution is 0.389. The molecule has 0 aliphatic rings. The fraction of sp³-hybridized carbons (Fsp3) is 0.316. The molecule has 1 N–H and O–H groups in total. The van der Waals surface area contributed by atoms with Crippen molar-refractivity contribution in [2.75, 3.05) is 7.11 Å². The summed E-state index contributed by atoms with van der Waals surface area (Å²) in [5.74, 6) is 0.674. The van der Waals surface area contributed by atoms with Crippen LogP contribution < -0.4 is 10.3 Å². The topological polar surface area (TPSA) is 97.5 Å². The molecule has 8 nitrogen and oxygen atoms in total. The molecule has 0 fully saturated rings. The Balaban J connectivity index is 2.02. The molecule has 3 rings (SSSR count). The Kier molecular flexibility index (Phi) is 5.16. The maximum atomic E-state index is 12.8. The van der Waals surface area contributed by atoms with Gasteiger partial charge in [0.05, 0.1) is 18.5 Å². The van der Waals surface area contributed by atoms with Crippen molar-refractivity contribution in [2.45, 2.75) is 34.1 Å². The van der Waals surface area contributed by atoms with Crippen molar-refractivity contribution < 1.29 is 4.74 Å². The molecule has 0 saturated heterocycles. The van der Waals surface area contributed by atoms with E-state index in [9.17, 15) is 4.79 Å². The third-order valence-electron chi connectivity index (χ3n) is 4.25. The summed E-state index contributed by atoms with van der Waals surface area (Å²) in [6.07, 6.45) is 0.740. The van der Waals surface area contributed by atoms with E-state index in [1.165, 1.54) is 4.68 Å². The summed E-state index contributed by atoms with van der Waals surface area (Å²) >= 11 is 0. The number of nitrogens with zero attached hydrogens (tertiary/aromatic N) is 5. The minimum Gasteiger partial charge on any atom is -0.481 e. The van der Waals surface area contributed by atoms with Crippen LogP contribution in [0.5, 0.6) is 5.88 Å². The predicted molar refractivity (Wildman–Crippen MR) is 103 cm³/mol. The Morgan fingerprint density at radius 2 is 1.81 bits per heavy atom. The van der Waals surface area contributed by atoms with Gasteiger partial charge in [0.25, 0.3) is 5.95 Å². The number of hydrogen-bond donors (Lipinski definition) is 1. The lowest BCUT2D eigenvalue weighted by Crippen LogP contribution is -2.18. The van der Waals surface area contributed by atoms with Crippen molar-refractivity contribution in [1.82, 2.24) is 19.7 Å². The molecule has 0 unspecified atom stereocenters. The van der Waals surface area contributed by atoms with Crippen LogP contribution in [0, 0.1) is 20.8 Å². The number of aryl methyl sites for hydroxylation is 3. The van der Waals surface area contributed by atoms with Gasteiger partial charge in [0.1, 0.15) is 0 Å². The molecule has 8 heteroatoms. The fourth-order valence-corrected chi connectivity index (χ4v) is 2.75. The molecule has 3 aromatic rings. The van der Waals surface area contributed by atoms with E-state index in [0.717, 1.165) is 23.2 Å². The van der Waals surface area contributed by atoms with Crippen LogP contribution in [0.3, 0.4) is 0 Å². The number of ether oxygens (including phenoxy) is 1. The van der Waals surface area contributed by atoms with Crippen LogP contribution in [0.15, 0.2) is 39.3 Å². The summed E-state index contributed by atoms with van der Waals surface area (Å²) in [7, 11) is 1.55. The summed E-state index contributed by atoms with van der Waals surface area (Å²) in [6.45, 7) is 7.62. The van der Waals surface area contributed by atoms with Gasteiger partial charge in [-0.05, 0) is 39.3 Å². The third-order valence-corrected chi connectivity index (χ3v) is 4.25. The van der Waals surface area contributed by atoms with Gasteiger partial charge in [-0.15, -0.1) is 5.11 Å². The van der Waals surface area contributed by atoms with Crippen molar-refractivity contribution in [3.8, 4) is 11.8 Å². The minimum atomic E-state index is -0.367. The Morgan fingerprint density at radius 1 is 1.11 bits per heavy atom. The first-order valence-electron chi connectivity index (χ1n) is 8.66. The molecule has 0 atom stereocenters. The normalized spacial score (nSPS) is 11.3. The molecule has 0 spiro atoms. The van der Waals surface area contributed by atoms with Gasteiger partial charge in [0, 0.05) is 11.3 Å². The molecule has 0 radical (unpaired) electrons. The molecule has 0 amide bonds. The zero-order chi connectivity index (χ0) is 19.6. The summed E-state index contributed by atoms with van der Waals surface area (Å²) in [4.78, 5) is 21.6. The quantitative estimate of drug-likeness (QED) is 0.693. The molecule has 0 aliphatic heterocycles. The van der Waals surface area contributed by atoms with Crippen molar-refractivity contribution >= 4 is 11.4 Å². The second kappa shape index (κ2) is 7.53. The van der Waals surface area contributed by atoms with Gasteiger partial charge in [-0.25, -0.2) is 4.98 Å². The molecule has 1 aromatic carbocycles. The van der Waals surface area contributed by atoms with Gasteiger partial charge >= 0.3 is 5.56 Å². The number of azo groups is 1. The molecule has 27 heavy (non-hydrogen) atoms. The highest BCUT2D eigenvalue weighted by molar-refractivity contribution is 5.43. The van der Waals surface area contributed by atoms with Crippen molar-refractivity contribution in [1.29, 1.82) is 0 Å². The molecule has 0 saturated carbocycles. The van der Waals surface area contributed by atoms with Crippen molar-refractivity contribution in [3.63, 3.8) is 0 Å². The summed E-state index contributed by atoms with van der Waals surface area (Å²) < 4.78 is 6.61. The summed E-state index contributed by atoms with van der Waals surface area (Å²) in [6, 6.07) is 7.57. The summed E-state index contributed by atoms with van der Waals surface area (Å²) in [5, 5.41) is 11.2. The van der Waals surface area contributed by atoms with Crippen molar-refractivity contribution in [3.05, 3.63) is 57.1 Å². The van der Waals surface area contributed by atoms with E-state index in [4.69, 9.17) is 4.74 Å². The second-order valence-electron chi connectivity index (χ2n) is 6.21. The predicted octanol–water partition coefficient (Wildman–Crippen LogP) is 3.87. The highest BCUT2D eigenvalue weighted by Gasteiger charge is 2.17. The molecule has 140 valence electrons. The third kappa shape index (κ3) is 3.64. The smallest absolute Gasteiger partial charge is 0.301 e.